The van der Waals surface area contributed by atoms with E-state index in [9.17, 15) is 4.79 Å². The van der Waals surface area contributed by atoms with Crippen molar-refractivity contribution < 1.29 is 4.74 Å². The van der Waals surface area contributed by atoms with Gasteiger partial charge in [-0.1, -0.05) is 12.5 Å². The highest BCUT2D eigenvalue weighted by atomic mass is 16.5. The third-order valence-corrected chi connectivity index (χ3v) is 5.96. The smallest absolute Gasteiger partial charge is 0.260 e. The van der Waals surface area contributed by atoms with Gasteiger partial charge < -0.3 is 19.0 Å². The van der Waals surface area contributed by atoms with Crippen molar-refractivity contribution in [1.29, 1.82) is 0 Å². The Morgan fingerprint density at radius 3 is 2.87 bits per heavy atom. The lowest BCUT2D eigenvalue weighted by Crippen LogP contribution is -2.26. The summed E-state index contributed by atoms with van der Waals surface area (Å²) in [5, 5.41) is 4.86. The summed E-state index contributed by atoms with van der Waals surface area (Å²) in [4.78, 5) is 21.7. The minimum absolute atomic E-state index is 0.100. The van der Waals surface area contributed by atoms with E-state index in [4.69, 9.17) is 4.74 Å². The average molecular weight is 403 g/mol. The van der Waals surface area contributed by atoms with Crippen LogP contribution < -0.4 is 15.6 Å². The Hall–Kier alpha value is -3.19. The van der Waals surface area contributed by atoms with Crippen molar-refractivity contribution in [3.8, 4) is 5.75 Å². The van der Waals surface area contributed by atoms with Gasteiger partial charge in [-0.3, -0.25) is 9.78 Å². The fraction of sp³-hybridized carbons (Fsp3) is 0.348. The van der Waals surface area contributed by atoms with Gasteiger partial charge in [-0.15, -0.1) is 0 Å². The molecule has 0 bridgehead atoms. The van der Waals surface area contributed by atoms with Crippen molar-refractivity contribution in [1.82, 2.24) is 24.3 Å². The molecule has 30 heavy (non-hydrogen) atoms. The van der Waals surface area contributed by atoms with Gasteiger partial charge in [-0.05, 0) is 43.0 Å². The Kier molecular flexibility index (Phi) is 4.96. The molecule has 4 aromatic heterocycles. The molecule has 0 spiro atoms. The monoisotopic (exact) mass is 403 g/mol. The van der Waals surface area contributed by atoms with E-state index in [2.05, 4.69) is 27.5 Å². The van der Waals surface area contributed by atoms with Crippen LogP contribution in [0.5, 0.6) is 5.75 Å². The Balaban J connectivity index is 1.36. The van der Waals surface area contributed by atoms with Gasteiger partial charge in [0, 0.05) is 36.7 Å². The van der Waals surface area contributed by atoms with Crippen molar-refractivity contribution in [2.24, 2.45) is 5.92 Å². The second kappa shape index (κ2) is 7.91. The molecule has 0 aliphatic heterocycles. The fourth-order valence-electron chi connectivity index (χ4n) is 4.03. The Morgan fingerprint density at radius 2 is 2.07 bits per heavy atom. The van der Waals surface area contributed by atoms with Crippen LogP contribution in [0.15, 0.2) is 54.0 Å². The predicted molar refractivity (Wildman–Crippen MR) is 116 cm³/mol. The van der Waals surface area contributed by atoms with Crippen LogP contribution in [0.25, 0.3) is 16.4 Å². The largest absolute Gasteiger partial charge is 0.494 e. The van der Waals surface area contributed by atoms with Crippen LogP contribution in [0.1, 0.15) is 30.5 Å². The summed E-state index contributed by atoms with van der Waals surface area (Å²) in [6.45, 7) is 2.36. The van der Waals surface area contributed by atoms with E-state index in [-0.39, 0.29) is 5.56 Å². The van der Waals surface area contributed by atoms with Gasteiger partial charge in [0.05, 0.1) is 30.9 Å². The molecular weight excluding hydrogens is 378 g/mol. The van der Waals surface area contributed by atoms with E-state index in [1.165, 1.54) is 24.8 Å². The van der Waals surface area contributed by atoms with Gasteiger partial charge in [0.1, 0.15) is 11.4 Å². The zero-order valence-electron chi connectivity index (χ0n) is 17.0. The first-order valence-electron chi connectivity index (χ1n) is 10.4. The van der Waals surface area contributed by atoms with Gasteiger partial charge in [0.2, 0.25) is 0 Å². The van der Waals surface area contributed by atoms with Gasteiger partial charge >= 0.3 is 0 Å². The number of pyridine rings is 3. The van der Waals surface area contributed by atoms with E-state index in [0.717, 1.165) is 35.7 Å². The van der Waals surface area contributed by atoms with Gasteiger partial charge in [-0.2, -0.15) is 0 Å². The maximum Gasteiger partial charge on any atom is 0.260 e. The molecule has 4 aromatic rings. The van der Waals surface area contributed by atoms with Crippen molar-refractivity contribution in [2.45, 2.75) is 32.4 Å². The van der Waals surface area contributed by atoms with Crippen molar-refractivity contribution in [3.05, 3.63) is 70.8 Å². The zero-order valence-corrected chi connectivity index (χ0v) is 17.0. The molecule has 4 heterocycles. The van der Waals surface area contributed by atoms with Crippen molar-refractivity contribution >= 4 is 16.4 Å². The van der Waals surface area contributed by atoms with Gasteiger partial charge in [0.15, 0.2) is 0 Å². The van der Waals surface area contributed by atoms with Crippen LogP contribution in [0, 0.1) is 5.92 Å². The first-order chi connectivity index (χ1) is 14.7. The summed E-state index contributed by atoms with van der Waals surface area (Å²) in [6, 6.07) is 6.03. The molecule has 7 heteroatoms. The molecule has 0 saturated heterocycles. The lowest BCUT2D eigenvalue weighted by atomic mass is 9.85. The van der Waals surface area contributed by atoms with Crippen LogP contribution in [0.4, 0.5) is 0 Å². The standard InChI is InChI=1S/C23H25N5O2/c1-30-21-12-25-11-20-19(21)7-8-27(23(20)29)14-18-15-28-13-17(5-6-22(28)26-18)10-24-9-16-3-2-4-16/h5-8,11-13,15-16,24H,2-4,9-10,14H2,1H3. The lowest BCUT2D eigenvalue weighted by Gasteiger charge is -2.25. The van der Waals surface area contributed by atoms with E-state index >= 15 is 0 Å². The van der Waals surface area contributed by atoms with Crippen LogP contribution in [-0.2, 0) is 13.1 Å². The summed E-state index contributed by atoms with van der Waals surface area (Å²) in [7, 11) is 1.58. The molecule has 0 aromatic carbocycles. The average Bonchev–Trinajstić information content (AvgIpc) is 3.13. The second-order valence-corrected chi connectivity index (χ2v) is 8.01. The van der Waals surface area contributed by atoms with Crippen LogP contribution >= 0.6 is 0 Å². The minimum Gasteiger partial charge on any atom is -0.494 e. The number of aromatic nitrogens is 4. The summed E-state index contributed by atoms with van der Waals surface area (Å²) >= 11 is 0. The molecule has 1 saturated carbocycles. The SMILES string of the molecule is COc1cncc2c(=O)n(Cc3cn4cc(CNCC5CCC5)ccc4n3)ccc12. The molecule has 1 aliphatic rings. The summed E-state index contributed by atoms with van der Waals surface area (Å²) < 4.78 is 9.00. The quantitative estimate of drug-likeness (QED) is 0.514. The van der Waals surface area contributed by atoms with E-state index < -0.39 is 0 Å². The Labute approximate surface area is 174 Å². The van der Waals surface area contributed by atoms with E-state index in [0.29, 0.717) is 17.7 Å². The number of nitrogens with zero attached hydrogens (tertiary/aromatic N) is 4. The number of ether oxygens (including phenoxy) is 1. The molecule has 0 unspecified atom stereocenters. The van der Waals surface area contributed by atoms with Gasteiger partial charge in [-0.25, -0.2) is 4.98 Å². The van der Waals surface area contributed by atoms with E-state index in [1.807, 2.05) is 22.7 Å². The lowest BCUT2D eigenvalue weighted by molar-refractivity contribution is 0.301. The summed E-state index contributed by atoms with van der Waals surface area (Å²) in [5.74, 6) is 1.45. The highest BCUT2D eigenvalue weighted by Gasteiger charge is 2.16. The van der Waals surface area contributed by atoms with Gasteiger partial charge in [0.25, 0.3) is 5.56 Å². The number of methoxy groups -OCH3 is 1. The maximum atomic E-state index is 12.9. The number of nitrogens with one attached hydrogen (secondary N) is 1. The molecule has 0 amide bonds. The number of fused-ring (bicyclic) bond motifs is 2. The molecule has 1 fully saturated rings. The molecule has 0 atom stereocenters. The Morgan fingerprint density at radius 1 is 1.17 bits per heavy atom. The molecule has 0 radical (unpaired) electrons. The molecule has 154 valence electrons. The van der Waals surface area contributed by atoms with Crippen LogP contribution in [-0.4, -0.2) is 32.6 Å². The molecule has 1 aliphatic carbocycles. The van der Waals surface area contributed by atoms with Crippen molar-refractivity contribution in [2.75, 3.05) is 13.7 Å². The normalized spacial score (nSPS) is 14.3. The number of imidazole rings is 1. The first kappa shape index (κ1) is 18.8. The third kappa shape index (κ3) is 3.57. The van der Waals surface area contributed by atoms with Crippen LogP contribution in [0.2, 0.25) is 0 Å². The van der Waals surface area contributed by atoms with Crippen molar-refractivity contribution in [3.63, 3.8) is 0 Å². The Bertz CT molecular complexity index is 1260. The first-order valence-corrected chi connectivity index (χ1v) is 10.4. The number of rotatable bonds is 7. The fourth-order valence-corrected chi connectivity index (χ4v) is 4.03. The third-order valence-electron chi connectivity index (χ3n) is 5.96. The number of hydrogen-bond acceptors (Lipinski definition) is 5. The highest BCUT2D eigenvalue weighted by Crippen LogP contribution is 2.25. The highest BCUT2D eigenvalue weighted by molar-refractivity contribution is 5.86. The molecule has 1 N–H and O–H groups in total. The zero-order chi connectivity index (χ0) is 20.5. The van der Waals surface area contributed by atoms with Crippen LogP contribution in [0.3, 0.4) is 0 Å². The second-order valence-electron chi connectivity index (χ2n) is 8.01. The molecule has 7 nitrogen and oxygen atoms in total. The molecule has 5 rings (SSSR count). The molecular formula is C23H25N5O2. The summed E-state index contributed by atoms with van der Waals surface area (Å²) in [5.41, 5.74) is 2.85. The number of hydrogen-bond donors (Lipinski definition) is 1. The predicted octanol–water partition coefficient (Wildman–Crippen LogP) is 2.99. The topological polar surface area (TPSA) is 73.5 Å². The minimum atomic E-state index is -0.100. The van der Waals surface area contributed by atoms with E-state index in [1.54, 1.807) is 30.3 Å². The maximum absolute atomic E-state index is 12.9. The summed E-state index contributed by atoms with van der Waals surface area (Å²) in [6.07, 6.45) is 13.2.